The van der Waals surface area contributed by atoms with Gasteiger partial charge in [0, 0.05) is 0 Å². The van der Waals surface area contributed by atoms with E-state index in [0.717, 1.165) is 4.31 Å². The third-order valence-corrected chi connectivity index (χ3v) is 6.30. The summed E-state index contributed by atoms with van der Waals surface area (Å²) in [6.07, 6.45) is 0. The Labute approximate surface area is 188 Å². The molecule has 0 bridgehead atoms. The molecule has 0 aromatic heterocycles. The van der Waals surface area contributed by atoms with Crippen molar-refractivity contribution in [3.63, 3.8) is 0 Å². The first-order valence-corrected chi connectivity index (χ1v) is 11.7. The minimum atomic E-state index is -3.99. The lowest BCUT2D eigenvalue weighted by Gasteiger charge is -2.24. The monoisotopic (exact) mass is 454 g/mol. The number of rotatable bonds is 10. The van der Waals surface area contributed by atoms with E-state index in [1.54, 1.807) is 66.7 Å². The van der Waals surface area contributed by atoms with E-state index < -0.39 is 22.5 Å². The fraction of sp³-hybridized carbons (Fsp3) is 0.208. The zero-order valence-electron chi connectivity index (χ0n) is 18.0. The molecule has 0 aliphatic carbocycles. The number of nitrogens with one attached hydrogen (secondary N) is 1. The zero-order valence-corrected chi connectivity index (χ0v) is 18.8. The Morgan fingerprint density at radius 2 is 1.47 bits per heavy atom. The summed E-state index contributed by atoms with van der Waals surface area (Å²) >= 11 is 0. The van der Waals surface area contributed by atoms with Crippen molar-refractivity contribution in [3.05, 3.63) is 78.9 Å². The molecular weight excluding hydrogens is 428 g/mol. The molecule has 8 heteroatoms. The Bertz CT molecular complexity index is 1130. The molecule has 3 rings (SSSR count). The summed E-state index contributed by atoms with van der Waals surface area (Å²) < 4.78 is 38.8. The van der Waals surface area contributed by atoms with Crippen LogP contribution in [0, 0.1) is 0 Å². The summed E-state index contributed by atoms with van der Waals surface area (Å²) in [6, 6.07) is 21.6. The highest BCUT2D eigenvalue weighted by Crippen LogP contribution is 2.27. The van der Waals surface area contributed by atoms with Gasteiger partial charge in [-0.05, 0) is 62.4 Å². The lowest BCUT2D eigenvalue weighted by molar-refractivity contribution is -0.114. The van der Waals surface area contributed by atoms with Crippen LogP contribution in [-0.4, -0.2) is 34.1 Å². The third-order valence-electron chi connectivity index (χ3n) is 4.52. The lowest BCUT2D eigenvalue weighted by Crippen LogP contribution is -2.38. The molecule has 32 heavy (non-hydrogen) atoms. The highest BCUT2D eigenvalue weighted by Gasteiger charge is 2.27. The predicted molar refractivity (Wildman–Crippen MR) is 125 cm³/mol. The quantitative estimate of drug-likeness (QED) is 0.493. The van der Waals surface area contributed by atoms with Crippen LogP contribution in [0.15, 0.2) is 83.8 Å². The maximum atomic E-state index is 13.4. The molecule has 0 spiro atoms. The molecule has 3 aromatic rings. The molecule has 7 nitrogen and oxygen atoms in total. The predicted octanol–water partition coefficient (Wildman–Crippen LogP) is 4.32. The van der Waals surface area contributed by atoms with Gasteiger partial charge in [0.15, 0.2) is 0 Å². The summed E-state index contributed by atoms with van der Waals surface area (Å²) in [5, 5.41) is 2.76. The van der Waals surface area contributed by atoms with Crippen molar-refractivity contribution in [1.82, 2.24) is 0 Å². The number of ether oxygens (including phenoxy) is 2. The molecule has 0 aliphatic rings. The average molecular weight is 455 g/mol. The summed E-state index contributed by atoms with van der Waals surface area (Å²) in [7, 11) is -3.99. The molecule has 0 atom stereocenters. The highest BCUT2D eigenvalue weighted by molar-refractivity contribution is 7.92. The van der Waals surface area contributed by atoms with Gasteiger partial charge < -0.3 is 14.8 Å². The molecule has 0 fully saturated rings. The van der Waals surface area contributed by atoms with E-state index in [2.05, 4.69) is 5.32 Å². The number of hydrogen-bond donors (Lipinski definition) is 1. The molecule has 168 valence electrons. The largest absolute Gasteiger partial charge is 0.494 e. The molecule has 3 aromatic carbocycles. The zero-order chi connectivity index (χ0) is 23.0. The highest BCUT2D eigenvalue weighted by atomic mass is 32.2. The number of carbonyl (C=O) groups excluding carboxylic acids is 1. The lowest BCUT2D eigenvalue weighted by atomic mass is 10.3. The number of anilines is 2. The van der Waals surface area contributed by atoms with Crippen molar-refractivity contribution >= 4 is 27.3 Å². The molecular formula is C24H26N2O5S. The van der Waals surface area contributed by atoms with E-state index in [4.69, 9.17) is 9.47 Å². The van der Waals surface area contributed by atoms with Gasteiger partial charge in [-0.15, -0.1) is 0 Å². The number of benzene rings is 3. The van der Waals surface area contributed by atoms with Crippen molar-refractivity contribution in [2.75, 3.05) is 29.4 Å². The van der Waals surface area contributed by atoms with E-state index in [0.29, 0.717) is 36.1 Å². The minimum absolute atomic E-state index is 0.0939. The normalized spacial score (nSPS) is 10.9. The van der Waals surface area contributed by atoms with Crippen molar-refractivity contribution in [1.29, 1.82) is 0 Å². The van der Waals surface area contributed by atoms with Crippen molar-refractivity contribution in [2.24, 2.45) is 0 Å². The van der Waals surface area contributed by atoms with Gasteiger partial charge >= 0.3 is 0 Å². The topological polar surface area (TPSA) is 84.9 Å². The van der Waals surface area contributed by atoms with Gasteiger partial charge in [0.05, 0.1) is 29.5 Å². The summed E-state index contributed by atoms with van der Waals surface area (Å²) in [6.45, 7) is 4.23. The minimum Gasteiger partial charge on any atom is -0.494 e. The Balaban J connectivity index is 1.91. The van der Waals surface area contributed by atoms with E-state index in [9.17, 15) is 13.2 Å². The second-order valence-corrected chi connectivity index (χ2v) is 8.59. The third kappa shape index (κ3) is 5.59. The van der Waals surface area contributed by atoms with E-state index in [-0.39, 0.29) is 4.90 Å². The Hall–Kier alpha value is -3.52. The van der Waals surface area contributed by atoms with Crippen LogP contribution in [-0.2, 0) is 14.8 Å². The second kappa shape index (κ2) is 10.7. The summed E-state index contributed by atoms with van der Waals surface area (Å²) in [4.78, 5) is 13.0. The summed E-state index contributed by atoms with van der Waals surface area (Å²) in [5.74, 6) is 0.635. The molecule has 0 radical (unpaired) electrons. The van der Waals surface area contributed by atoms with Crippen LogP contribution in [0.4, 0.5) is 11.4 Å². The van der Waals surface area contributed by atoms with Crippen LogP contribution in [0.2, 0.25) is 0 Å². The van der Waals surface area contributed by atoms with Gasteiger partial charge in [-0.25, -0.2) is 8.42 Å². The molecule has 1 amide bonds. The molecule has 0 saturated heterocycles. The van der Waals surface area contributed by atoms with Crippen molar-refractivity contribution in [3.8, 4) is 11.5 Å². The maximum Gasteiger partial charge on any atom is 0.264 e. The standard InChI is InChI=1S/C24H26N2O5S/c1-3-30-20-16-14-19(15-17-20)26(32(28,29)21-10-6-5-7-11-21)18-24(27)25-22-12-8-9-13-23(22)31-4-2/h5-17H,3-4,18H2,1-2H3,(H,25,27). The van der Waals surface area contributed by atoms with Gasteiger partial charge in [-0.3, -0.25) is 9.10 Å². The molecule has 0 aliphatic heterocycles. The Morgan fingerprint density at radius 3 is 2.12 bits per heavy atom. The smallest absolute Gasteiger partial charge is 0.264 e. The Morgan fingerprint density at radius 1 is 0.844 bits per heavy atom. The number of carbonyl (C=O) groups is 1. The Kier molecular flexibility index (Phi) is 7.72. The molecule has 0 unspecified atom stereocenters. The van der Waals surface area contributed by atoms with Crippen LogP contribution in [0.25, 0.3) is 0 Å². The van der Waals surface area contributed by atoms with Gasteiger partial charge in [0.2, 0.25) is 5.91 Å². The molecule has 0 heterocycles. The second-order valence-electron chi connectivity index (χ2n) is 6.73. The first kappa shape index (κ1) is 23.1. The first-order valence-electron chi connectivity index (χ1n) is 10.3. The van der Waals surface area contributed by atoms with Crippen molar-refractivity contribution in [2.45, 2.75) is 18.7 Å². The number of nitrogens with zero attached hydrogens (tertiary/aromatic N) is 1. The van der Waals surface area contributed by atoms with Crippen LogP contribution >= 0.6 is 0 Å². The fourth-order valence-corrected chi connectivity index (χ4v) is 4.52. The van der Waals surface area contributed by atoms with E-state index >= 15 is 0 Å². The van der Waals surface area contributed by atoms with E-state index in [1.165, 1.54) is 12.1 Å². The van der Waals surface area contributed by atoms with Crippen molar-refractivity contribution < 1.29 is 22.7 Å². The van der Waals surface area contributed by atoms with Gasteiger partial charge in [-0.2, -0.15) is 0 Å². The van der Waals surface area contributed by atoms with Crippen LogP contribution in [0.3, 0.4) is 0 Å². The molecule has 0 saturated carbocycles. The van der Waals surface area contributed by atoms with Gasteiger partial charge in [0.25, 0.3) is 10.0 Å². The van der Waals surface area contributed by atoms with Crippen LogP contribution in [0.1, 0.15) is 13.8 Å². The van der Waals surface area contributed by atoms with Crippen LogP contribution in [0.5, 0.6) is 11.5 Å². The SMILES string of the molecule is CCOc1ccc(N(CC(=O)Nc2ccccc2OCC)S(=O)(=O)c2ccccc2)cc1. The maximum absolute atomic E-state index is 13.4. The van der Waals surface area contributed by atoms with Gasteiger partial charge in [-0.1, -0.05) is 30.3 Å². The van der Waals surface area contributed by atoms with Crippen LogP contribution < -0.4 is 19.1 Å². The van der Waals surface area contributed by atoms with E-state index in [1.807, 2.05) is 13.8 Å². The van der Waals surface area contributed by atoms with Gasteiger partial charge in [0.1, 0.15) is 18.0 Å². The average Bonchev–Trinajstić information content (AvgIpc) is 2.80. The molecule has 1 N–H and O–H groups in total. The number of sulfonamides is 1. The summed E-state index contributed by atoms with van der Waals surface area (Å²) in [5.41, 5.74) is 0.827. The fourth-order valence-electron chi connectivity index (χ4n) is 3.08. The number of hydrogen-bond acceptors (Lipinski definition) is 5. The number of para-hydroxylation sites is 2. The number of amides is 1. The first-order chi connectivity index (χ1) is 15.5.